The highest BCUT2D eigenvalue weighted by Crippen LogP contribution is 2.42. The lowest BCUT2D eigenvalue weighted by molar-refractivity contribution is -0.143. The molecule has 0 aromatic rings. The Morgan fingerprint density at radius 3 is 1.83 bits per heavy atom. The zero-order valence-electron chi connectivity index (χ0n) is 15.3. The Balaban J connectivity index is 5.15. The minimum atomic E-state index is -4.90. The molecular weight excluding hydrogens is 472 g/mol. The van der Waals surface area contributed by atoms with E-state index in [1.807, 2.05) is 5.32 Å². The van der Waals surface area contributed by atoms with Crippen LogP contribution in [0.5, 0.6) is 0 Å². The second kappa shape index (κ2) is 12.4. The van der Waals surface area contributed by atoms with Gasteiger partial charge in [0.2, 0.25) is 11.8 Å². The molecule has 30 heavy (non-hydrogen) atoms. The number of carbonyl (C=O) groups is 4. The van der Waals surface area contributed by atoms with E-state index in [0.717, 1.165) is 0 Å². The third-order valence-electron chi connectivity index (χ3n) is 3.35. The Morgan fingerprint density at radius 2 is 1.47 bits per heavy atom. The first-order valence-electron chi connectivity index (χ1n) is 8.01. The van der Waals surface area contributed by atoms with Gasteiger partial charge >= 0.3 is 27.1 Å². The molecule has 15 nitrogen and oxygen atoms in total. The number of rotatable bonds is 14. The summed E-state index contributed by atoms with van der Waals surface area (Å²) < 4.78 is 22.4. The highest BCUT2D eigenvalue weighted by Gasteiger charge is 2.35. The normalized spacial score (nSPS) is 14.1. The zero-order valence-corrected chi connectivity index (χ0v) is 18.0. The number of aliphatic carboxylic acids is 2. The van der Waals surface area contributed by atoms with Crippen LogP contribution >= 0.6 is 27.8 Å². The van der Waals surface area contributed by atoms with Crippen molar-refractivity contribution in [2.24, 2.45) is 0 Å². The molecule has 0 spiro atoms. The van der Waals surface area contributed by atoms with Gasteiger partial charge in [-0.05, 0) is 6.42 Å². The van der Waals surface area contributed by atoms with E-state index < -0.39 is 83.0 Å². The molecule has 0 saturated carbocycles. The van der Waals surface area contributed by atoms with Gasteiger partial charge in [0.25, 0.3) is 0 Å². The maximum atomic E-state index is 12.0. The van der Waals surface area contributed by atoms with Crippen molar-refractivity contribution in [2.45, 2.75) is 24.9 Å². The Bertz CT molecular complexity index is 714. The SMILES string of the molecule is O=C(O)CNC(=O)[C@H](CS)NC(=O)CC[C@@H](C(=O)O)N(CP(=O)(O)O)CP(=O)(O)O. The predicted molar refractivity (Wildman–Crippen MR) is 103 cm³/mol. The average molecular weight is 495 g/mol. The maximum absolute atomic E-state index is 12.0. The van der Waals surface area contributed by atoms with Crippen LogP contribution in [0.25, 0.3) is 0 Å². The first kappa shape index (κ1) is 28.5. The molecule has 0 unspecified atom stereocenters. The molecule has 0 aliphatic carbocycles. The van der Waals surface area contributed by atoms with E-state index in [0.29, 0.717) is 4.90 Å². The number of nitrogens with zero attached hydrogens (tertiary/aromatic N) is 1. The number of carboxylic acid groups (broad SMARTS) is 2. The molecule has 0 saturated heterocycles. The van der Waals surface area contributed by atoms with E-state index >= 15 is 0 Å². The summed E-state index contributed by atoms with van der Waals surface area (Å²) >= 11 is 3.84. The molecule has 0 radical (unpaired) electrons. The molecular formula is C12H23N3O12P2S. The second-order valence-corrected chi connectivity index (χ2v) is 9.60. The van der Waals surface area contributed by atoms with Crippen molar-refractivity contribution in [3.8, 4) is 0 Å². The molecule has 2 amide bonds. The van der Waals surface area contributed by atoms with Crippen LogP contribution in [0.1, 0.15) is 12.8 Å². The first-order chi connectivity index (χ1) is 13.6. The molecule has 0 heterocycles. The highest BCUT2D eigenvalue weighted by atomic mass is 32.1. The van der Waals surface area contributed by atoms with Crippen molar-refractivity contribution >= 4 is 51.6 Å². The Morgan fingerprint density at radius 1 is 0.967 bits per heavy atom. The van der Waals surface area contributed by atoms with Crippen LogP contribution in [-0.4, -0.2) is 95.4 Å². The third kappa shape index (κ3) is 12.9. The molecule has 0 aliphatic heterocycles. The summed E-state index contributed by atoms with van der Waals surface area (Å²) in [7, 11) is -9.80. The fourth-order valence-corrected chi connectivity index (χ4v) is 4.15. The summed E-state index contributed by atoms with van der Waals surface area (Å²) in [6.45, 7) is -0.709. The van der Waals surface area contributed by atoms with E-state index in [4.69, 9.17) is 24.7 Å². The van der Waals surface area contributed by atoms with Crippen LogP contribution in [0.15, 0.2) is 0 Å². The maximum Gasteiger partial charge on any atom is 0.339 e. The fraction of sp³-hybridized carbons (Fsp3) is 0.667. The van der Waals surface area contributed by atoms with Crippen molar-refractivity contribution in [3.63, 3.8) is 0 Å². The average Bonchev–Trinajstić information content (AvgIpc) is 2.54. The van der Waals surface area contributed by atoms with Gasteiger partial charge in [-0.3, -0.25) is 33.2 Å². The van der Waals surface area contributed by atoms with Gasteiger partial charge in [-0.1, -0.05) is 0 Å². The largest absolute Gasteiger partial charge is 0.480 e. The van der Waals surface area contributed by atoms with Gasteiger partial charge in [0.1, 0.15) is 31.2 Å². The minimum absolute atomic E-state index is 0.220. The van der Waals surface area contributed by atoms with E-state index in [9.17, 15) is 33.4 Å². The number of amides is 2. The summed E-state index contributed by atoms with van der Waals surface area (Å²) in [4.78, 5) is 82.2. The topological polar surface area (TPSA) is 251 Å². The molecule has 0 aromatic heterocycles. The number of hydrogen-bond donors (Lipinski definition) is 9. The molecule has 174 valence electrons. The second-order valence-electron chi connectivity index (χ2n) is 6.01. The lowest BCUT2D eigenvalue weighted by Crippen LogP contribution is -2.49. The van der Waals surface area contributed by atoms with Crippen molar-refractivity contribution < 1.29 is 58.1 Å². The molecule has 18 heteroatoms. The quantitative estimate of drug-likeness (QED) is 0.0887. The number of nitrogens with one attached hydrogen (secondary N) is 2. The van der Waals surface area contributed by atoms with Crippen LogP contribution in [0.3, 0.4) is 0 Å². The van der Waals surface area contributed by atoms with Crippen molar-refractivity contribution in [1.82, 2.24) is 15.5 Å². The van der Waals surface area contributed by atoms with Crippen molar-refractivity contribution in [1.29, 1.82) is 0 Å². The molecule has 0 rings (SSSR count). The third-order valence-corrected chi connectivity index (χ3v) is 5.18. The number of thiol groups is 1. The fourth-order valence-electron chi connectivity index (χ4n) is 2.19. The van der Waals surface area contributed by atoms with Gasteiger partial charge in [-0.25, -0.2) is 0 Å². The number of carbonyl (C=O) groups excluding carboxylic acids is 2. The lowest BCUT2D eigenvalue weighted by Gasteiger charge is -2.29. The minimum Gasteiger partial charge on any atom is -0.480 e. The van der Waals surface area contributed by atoms with Crippen LogP contribution in [0.2, 0.25) is 0 Å². The zero-order chi connectivity index (χ0) is 23.7. The highest BCUT2D eigenvalue weighted by molar-refractivity contribution is 7.80. The molecule has 8 N–H and O–H groups in total. The van der Waals surface area contributed by atoms with Gasteiger partial charge in [0.05, 0.1) is 0 Å². The molecule has 0 aromatic carbocycles. The Hall–Kier alpha value is -1.51. The molecule has 0 fully saturated rings. The van der Waals surface area contributed by atoms with Gasteiger partial charge < -0.3 is 40.4 Å². The summed E-state index contributed by atoms with van der Waals surface area (Å²) in [5, 5.41) is 22.0. The van der Waals surface area contributed by atoms with Gasteiger partial charge in [-0.2, -0.15) is 12.6 Å². The van der Waals surface area contributed by atoms with Crippen LogP contribution in [-0.2, 0) is 28.3 Å². The monoisotopic (exact) mass is 495 g/mol. The molecule has 0 bridgehead atoms. The summed E-state index contributed by atoms with van der Waals surface area (Å²) in [6, 6.07) is -3.07. The lowest BCUT2D eigenvalue weighted by atomic mass is 10.1. The van der Waals surface area contributed by atoms with Crippen molar-refractivity contribution in [3.05, 3.63) is 0 Å². The van der Waals surface area contributed by atoms with Gasteiger partial charge in [0, 0.05) is 12.2 Å². The van der Waals surface area contributed by atoms with Crippen LogP contribution in [0.4, 0.5) is 0 Å². The Labute approximate surface area is 175 Å². The summed E-state index contributed by atoms with van der Waals surface area (Å²) in [5.74, 6) is -4.97. The first-order valence-corrected chi connectivity index (χ1v) is 12.2. The van der Waals surface area contributed by atoms with Crippen LogP contribution in [0, 0.1) is 0 Å². The summed E-state index contributed by atoms with van der Waals surface area (Å²) in [5.41, 5.74) is 0. The molecule has 2 atom stereocenters. The predicted octanol–water partition coefficient (Wildman–Crippen LogP) is -2.59. The van der Waals surface area contributed by atoms with E-state index in [-0.39, 0.29) is 5.75 Å². The number of hydrogen-bond acceptors (Lipinski definition) is 8. The van der Waals surface area contributed by atoms with Gasteiger partial charge in [0.15, 0.2) is 0 Å². The standard InChI is InChI=1S/C12H23N3O12P2S/c16-9(14-7(4-30)11(19)13-3-10(17)18)2-1-8(12(20)21)15(5-28(22,23)24)6-29(25,26)27/h7-8,30H,1-6H2,(H,13,19)(H,14,16)(H,17,18)(H,20,21)(H2,22,23,24)(H2,25,26,27)/t7-,8-/m0/s1. The van der Waals surface area contributed by atoms with E-state index in [2.05, 4.69) is 17.9 Å². The van der Waals surface area contributed by atoms with Gasteiger partial charge in [-0.15, -0.1) is 0 Å². The van der Waals surface area contributed by atoms with E-state index in [1.54, 1.807) is 0 Å². The smallest absolute Gasteiger partial charge is 0.339 e. The number of carboxylic acids is 2. The van der Waals surface area contributed by atoms with E-state index in [1.165, 1.54) is 0 Å². The van der Waals surface area contributed by atoms with Crippen LogP contribution < -0.4 is 10.6 Å². The molecule has 0 aliphatic rings. The van der Waals surface area contributed by atoms with Crippen molar-refractivity contribution in [2.75, 3.05) is 24.9 Å². The summed E-state index contributed by atoms with van der Waals surface area (Å²) in [6.07, 6.45) is -3.73. The Kier molecular flexibility index (Phi) is 11.7.